The molecule has 2 aromatic rings. The Bertz CT molecular complexity index is 527. The maximum atomic E-state index is 5.75. The van der Waals surface area contributed by atoms with Crippen molar-refractivity contribution in [3.05, 3.63) is 36.7 Å². The Morgan fingerprint density at radius 2 is 1.89 bits per heavy atom. The van der Waals surface area contributed by atoms with E-state index in [0.717, 1.165) is 17.2 Å². The lowest BCUT2D eigenvalue weighted by molar-refractivity contribution is 0.131. The zero-order valence-corrected chi connectivity index (χ0v) is 11.2. The second kappa shape index (κ2) is 4.72. The van der Waals surface area contributed by atoms with Crippen molar-refractivity contribution in [2.45, 2.75) is 26.4 Å². The van der Waals surface area contributed by atoms with Crippen LogP contribution in [-0.4, -0.2) is 22.5 Å². The van der Waals surface area contributed by atoms with Crippen LogP contribution in [0.3, 0.4) is 0 Å². The van der Waals surface area contributed by atoms with Crippen LogP contribution in [0.1, 0.15) is 20.8 Å². The first-order chi connectivity index (χ1) is 8.49. The molecule has 0 saturated carbocycles. The minimum absolute atomic E-state index is 0.228. The minimum atomic E-state index is -0.228. The zero-order chi connectivity index (χ0) is 13.2. The van der Waals surface area contributed by atoms with E-state index in [-0.39, 0.29) is 5.60 Å². The van der Waals surface area contributed by atoms with Crippen molar-refractivity contribution in [1.29, 1.82) is 0 Å². The zero-order valence-electron chi connectivity index (χ0n) is 11.2. The van der Waals surface area contributed by atoms with Gasteiger partial charge in [-0.2, -0.15) is 5.10 Å². The van der Waals surface area contributed by atoms with Gasteiger partial charge >= 0.3 is 0 Å². The molecule has 0 aliphatic carbocycles. The summed E-state index contributed by atoms with van der Waals surface area (Å²) in [6.07, 6.45) is 3.56. The predicted octanol–water partition coefficient (Wildman–Crippen LogP) is 3.06. The molecule has 0 radical (unpaired) electrons. The second-order valence-corrected chi connectivity index (χ2v) is 5.01. The van der Waals surface area contributed by atoms with Crippen LogP contribution >= 0.6 is 0 Å². The molecule has 0 atom stereocenters. The van der Waals surface area contributed by atoms with Gasteiger partial charge in [0.1, 0.15) is 17.0 Å². The van der Waals surface area contributed by atoms with E-state index in [0.29, 0.717) is 0 Å². The molecular weight excluding hydrogens is 228 g/mol. The molecule has 0 spiro atoms. The van der Waals surface area contributed by atoms with Crippen molar-refractivity contribution in [2.24, 2.45) is 0 Å². The SMILES string of the molecule is COc1ccccc1-n1cc(OC(C)(C)C)cn1. The quantitative estimate of drug-likeness (QED) is 0.835. The molecule has 0 aliphatic heterocycles. The van der Waals surface area contributed by atoms with E-state index in [1.807, 2.05) is 51.2 Å². The van der Waals surface area contributed by atoms with Crippen molar-refractivity contribution < 1.29 is 9.47 Å². The van der Waals surface area contributed by atoms with Gasteiger partial charge in [-0.05, 0) is 32.9 Å². The fourth-order valence-corrected chi connectivity index (χ4v) is 1.66. The average molecular weight is 246 g/mol. The largest absolute Gasteiger partial charge is 0.494 e. The third kappa shape index (κ3) is 2.83. The molecule has 18 heavy (non-hydrogen) atoms. The molecule has 2 rings (SSSR count). The lowest BCUT2D eigenvalue weighted by Crippen LogP contribution is -2.22. The molecule has 1 heterocycles. The van der Waals surface area contributed by atoms with Crippen molar-refractivity contribution in [2.75, 3.05) is 7.11 Å². The molecular formula is C14H18N2O2. The molecule has 0 saturated heterocycles. The van der Waals surface area contributed by atoms with Crippen LogP contribution in [0, 0.1) is 0 Å². The van der Waals surface area contributed by atoms with E-state index >= 15 is 0 Å². The Morgan fingerprint density at radius 3 is 2.56 bits per heavy atom. The number of aromatic nitrogens is 2. The maximum Gasteiger partial charge on any atom is 0.158 e. The van der Waals surface area contributed by atoms with Gasteiger partial charge in [-0.15, -0.1) is 0 Å². The van der Waals surface area contributed by atoms with Crippen LogP contribution in [0.5, 0.6) is 11.5 Å². The Morgan fingerprint density at radius 1 is 1.17 bits per heavy atom. The summed E-state index contributed by atoms with van der Waals surface area (Å²) in [6, 6.07) is 7.73. The molecule has 4 nitrogen and oxygen atoms in total. The number of hydrogen-bond acceptors (Lipinski definition) is 3. The highest BCUT2D eigenvalue weighted by molar-refractivity contribution is 5.46. The highest BCUT2D eigenvalue weighted by atomic mass is 16.5. The molecule has 0 aliphatic rings. The first-order valence-corrected chi connectivity index (χ1v) is 5.87. The molecule has 0 unspecified atom stereocenters. The Labute approximate surface area is 107 Å². The van der Waals surface area contributed by atoms with Gasteiger partial charge in [-0.1, -0.05) is 12.1 Å². The second-order valence-electron chi connectivity index (χ2n) is 5.01. The topological polar surface area (TPSA) is 36.3 Å². The molecule has 0 fully saturated rings. The summed E-state index contributed by atoms with van der Waals surface area (Å²) in [5, 5.41) is 4.29. The highest BCUT2D eigenvalue weighted by Gasteiger charge is 2.14. The molecule has 0 amide bonds. The number of rotatable bonds is 3. The molecule has 0 bridgehead atoms. The van der Waals surface area contributed by atoms with Gasteiger partial charge in [0.2, 0.25) is 0 Å². The van der Waals surface area contributed by atoms with Crippen molar-refractivity contribution >= 4 is 0 Å². The summed E-state index contributed by atoms with van der Waals surface area (Å²) in [5.74, 6) is 1.52. The fourth-order valence-electron chi connectivity index (χ4n) is 1.66. The van der Waals surface area contributed by atoms with Gasteiger partial charge < -0.3 is 9.47 Å². The summed E-state index contributed by atoms with van der Waals surface area (Å²) in [6.45, 7) is 6.02. The van der Waals surface area contributed by atoms with E-state index in [1.54, 1.807) is 18.0 Å². The van der Waals surface area contributed by atoms with Crippen LogP contribution in [0.2, 0.25) is 0 Å². The fraction of sp³-hybridized carbons (Fsp3) is 0.357. The summed E-state index contributed by atoms with van der Waals surface area (Å²) in [5.41, 5.74) is 0.665. The Balaban J connectivity index is 2.29. The van der Waals surface area contributed by atoms with Gasteiger partial charge in [0.25, 0.3) is 0 Å². The van der Waals surface area contributed by atoms with Crippen molar-refractivity contribution in [3.63, 3.8) is 0 Å². The first-order valence-electron chi connectivity index (χ1n) is 5.87. The predicted molar refractivity (Wildman–Crippen MR) is 70.5 cm³/mol. The summed E-state index contributed by atoms with van der Waals surface area (Å²) >= 11 is 0. The molecule has 1 aromatic heterocycles. The van der Waals surface area contributed by atoms with Crippen LogP contribution in [-0.2, 0) is 0 Å². The number of hydrogen-bond donors (Lipinski definition) is 0. The van der Waals surface area contributed by atoms with Gasteiger partial charge in [0.05, 0.1) is 19.5 Å². The van der Waals surface area contributed by atoms with Crippen molar-refractivity contribution in [1.82, 2.24) is 9.78 Å². The smallest absolute Gasteiger partial charge is 0.158 e. The van der Waals surface area contributed by atoms with E-state index in [1.165, 1.54) is 0 Å². The van der Waals surface area contributed by atoms with E-state index in [9.17, 15) is 0 Å². The molecule has 0 N–H and O–H groups in total. The summed E-state index contributed by atoms with van der Waals surface area (Å²) in [7, 11) is 1.65. The van der Waals surface area contributed by atoms with Crippen LogP contribution in [0.15, 0.2) is 36.7 Å². The Hall–Kier alpha value is -1.97. The monoisotopic (exact) mass is 246 g/mol. The maximum absolute atomic E-state index is 5.75. The summed E-state index contributed by atoms with van der Waals surface area (Å²) in [4.78, 5) is 0. The van der Waals surface area contributed by atoms with E-state index in [4.69, 9.17) is 9.47 Å². The summed E-state index contributed by atoms with van der Waals surface area (Å²) < 4.78 is 12.8. The van der Waals surface area contributed by atoms with Gasteiger partial charge in [-0.3, -0.25) is 0 Å². The number of nitrogens with zero attached hydrogens (tertiary/aromatic N) is 2. The van der Waals surface area contributed by atoms with E-state index < -0.39 is 0 Å². The number of benzene rings is 1. The lowest BCUT2D eigenvalue weighted by atomic mass is 10.2. The lowest BCUT2D eigenvalue weighted by Gasteiger charge is -2.19. The van der Waals surface area contributed by atoms with Gasteiger partial charge in [0.15, 0.2) is 5.75 Å². The third-order valence-electron chi connectivity index (χ3n) is 2.31. The number of methoxy groups -OCH3 is 1. The highest BCUT2D eigenvalue weighted by Crippen LogP contribution is 2.24. The van der Waals surface area contributed by atoms with Crippen LogP contribution in [0.25, 0.3) is 5.69 Å². The molecule has 1 aromatic carbocycles. The number of ether oxygens (including phenoxy) is 2. The van der Waals surface area contributed by atoms with E-state index in [2.05, 4.69) is 5.10 Å². The molecule has 96 valence electrons. The third-order valence-corrected chi connectivity index (χ3v) is 2.31. The normalized spacial score (nSPS) is 11.3. The standard InChI is InChI=1S/C14H18N2O2/c1-14(2,3)18-11-9-15-16(10-11)12-7-5-6-8-13(12)17-4/h5-10H,1-4H3. The number of para-hydroxylation sites is 2. The van der Waals surface area contributed by atoms with Crippen LogP contribution in [0.4, 0.5) is 0 Å². The Kier molecular flexibility index (Phi) is 3.28. The van der Waals surface area contributed by atoms with Gasteiger partial charge in [0, 0.05) is 0 Å². The van der Waals surface area contributed by atoms with Gasteiger partial charge in [-0.25, -0.2) is 4.68 Å². The van der Waals surface area contributed by atoms with Crippen molar-refractivity contribution in [3.8, 4) is 17.2 Å². The average Bonchev–Trinajstić information content (AvgIpc) is 2.75. The van der Waals surface area contributed by atoms with Crippen LogP contribution < -0.4 is 9.47 Å². The first kappa shape index (κ1) is 12.5. The minimum Gasteiger partial charge on any atom is -0.494 e. The molecule has 4 heteroatoms.